The molecule has 1 aromatic heterocycles. The summed E-state index contributed by atoms with van der Waals surface area (Å²) >= 11 is 4.67. The van der Waals surface area contributed by atoms with Gasteiger partial charge in [-0.2, -0.15) is 0 Å². The van der Waals surface area contributed by atoms with Crippen molar-refractivity contribution in [1.82, 2.24) is 10.2 Å². The van der Waals surface area contributed by atoms with Crippen molar-refractivity contribution in [3.05, 3.63) is 33.7 Å². The van der Waals surface area contributed by atoms with Gasteiger partial charge in [0.05, 0.1) is 0 Å². The van der Waals surface area contributed by atoms with E-state index in [1.807, 2.05) is 12.1 Å². The maximum atomic E-state index is 9.25. The first-order valence-electron chi connectivity index (χ1n) is 4.25. The highest BCUT2D eigenvalue weighted by atomic mass is 79.9. The fraction of sp³-hybridized carbons (Fsp3) is 0.111. The predicted octanol–water partition coefficient (Wildman–Crippen LogP) is 2.62. The molecule has 2 N–H and O–H groups in total. The van der Waals surface area contributed by atoms with Crippen LogP contribution in [0.15, 0.2) is 28.2 Å². The highest BCUT2D eigenvalue weighted by molar-refractivity contribution is 9.11. The molecule has 0 unspecified atom stereocenters. The normalized spacial score (nSPS) is 10.2. The Morgan fingerprint density at radius 1 is 1.40 bits per heavy atom. The van der Waals surface area contributed by atoms with E-state index in [1.54, 1.807) is 12.1 Å². The number of phenols is 1. The number of nitrogens with one attached hydrogen (secondary N) is 1. The van der Waals surface area contributed by atoms with E-state index in [0.29, 0.717) is 6.54 Å². The molecule has 0 amide bonds. The van der Waals surface area contributed by atoms with Crippen molar-refractivity contribution in [1.29, 1.82) is 0 Å². The van der Waals surface area contributed by atoms with Gasteiger partial charge in [-0.05, 0) is 33.6 Å². The third-order valence-electron chi connectivity index (χ3n) is 1.75. The number of hydrogen-bond acceptors (Lipinski definition) is 5. The van der Waals surface area contributed by atoms with E-state index < -0.39 is 0 Å². The number of aromatic nitrogens is 2. The molecule has 0 aliphatic carbocycles. The summed E-state index contributed by atoms with van der Waals surface area (Å²) in [6.07, 6.45) is 0. The molecule has 2 aromatic rings. The zero-order chi connectivity index (χ0) is 10.7. The van der Waals surface area contributed by atoms with Crippen LogP contribution < -0.4 is 5.32 Å². The summed E-state index contributed by atoms with van der Waals surface area (Å²) in [6, 6.07) is 7.10. The zero-order valence-electron chi connectivity index (χ0n) is 7.64. The molecule has 15 heavy (non-hydrogen) atoms. The molecule has 0 bridgehead atoms. The Balaban J connectivity index is 1.99. The van der Waals surface area contributed by atoms with E-state index in [1.165, 1.54) is 11.3 Å². The number of hydrogen-bond donors (Lipinski definition) is 2. The average Bonchev–Trinajstić information content (AvgIpc) is 2.62. The second-order valence-corrected chi connectivity index (χ2v) is 5.14. The first-order valence-corrected chi connectivity index (χ1v) is 5.86. The number of rotatable bonds is 3. The fourth-order valence-corrected chi connectivity index (χ4v) is 2.13. The lowest BCUT2D eigenvalue weighted by atomic mass is 10.2. The standard InChI is InChI=1S/C9H8BrN3OS/c10-8-12-13-9(15-8)11-5-6-2-1-3-7(14)4-6/h1-4,14H,5H2,(H,11,13). The Morgan fingerprint density at radius 2 is 2.27 bits per heavy atom. The molecule has 0 saturated heterocycles. The van der Waals surface area contributed by atoms with Crippen LogP contribution in [0.1, 0.15) is 5.56 Å². The van der Waals surface area contributed by atoms with Crippen LogP contribution in [0.2, 0.25) is 0 Å². The number of benzene rings is 1. The molecule has 0 atom stereocenters. The topological polar surface area (TPSA) is 58.0 Å². The molecule has 0 radical (unpaired) electrons. The molecular weight excluding hydrogens is 278 g/mol. The van der Waals surface area contributed by atoms with Crippen molar-refractivity contribution >= 4 is 32.4 Å². The second-order valence-electron chi connectivity index (χ2n) is 2.88. The summed E-state index contributed by atoms with van der Waals surface area (Å²) in [5.74, 6) is 0.271. The van der Waals surface area contributed by atoms with E-state index in [-0.39, 0.29) is 5.75 Å². The molecule has 6 heteroatoms. The molecule has 0 fully saturated rings. The van der Waals surface area contributed by atoms with E-state index in [2.05, 4.69) is 31.4 Å². The van der Waals surface area contributed by atoms with Crippen molar-refractivity contribution in [3.8, 4) is 5.75 Å². The van der Waals surface area contributed by atoms with Crippen molar-refractivity contribution in [2.75, 3.05) is 5.32 Å². The molecule has 4 nitrogen and oxygen atoms in total. The maximum absolute atomic E-state index is 9.25. The molecule has 0 aliphatic rings. The molecule has 0 saturated carbocycles. The van der Waals surface area contributed by atoms with Gasteiger partial charge in [-0.25, -0.2) is 0 Å². The van der Waals surface area contributed by atoms with Gasteiger partial charge < -0.3 is 10.4 Å². The van der Waals surface area contributed by atoms with Crippen LogP contribution in [0, 0.1) is 0 Å². The highest BCUT2D eigenvalue weighted by Crippen LogP contribution is 2.21. The Kier molecular flexibility index (Phi) is 3.17. The zero-order valence-corrected chi connectivity index (χ0v) is 10.0. The smallest absolute Gasteiger partial charge is 0.206 e. The van der Waals surface area contributed by atoms with Crippen LogP contribution >= 0.6 is 27.3 Å². The van der Waals surface area contributed by atoms with Gasteiger partial charge in [-0.15, -0.1) is 10.2 Å². The van der Waals surface area contributed by atoms with Gasteiger partial charge in [0.15, 0.2) is 3.92 Å². The number of halogens is 1. The monoisotopic (exact) mass is 285 g/mol. The largest absolute Gasteiger partial charge is 0.508 e. The summed E-state index contributed by atoms with van der Waals surface area (Å²) in [5, 5.41) is 20.8. The lowest BCUT2D eigenvalue weighted by Crippen LogP contribution is -1.98. The lowest BCUT2D eigenvalue weighted by molar-refractivity contribution is 0.474. The van der Waals surface area contributed by atoms with Crippen molar-refractivity contribution in [2.24, 2.45) is 0 Å². The molecule has 1 aromatic carbocycles. The van der Waals surface area contributed by atoms with Crippen molar-refractivity contribution in [3.63, 3.8) is 0 Å². The van der Waals surface area contributed by atoms with Gasteiger partial charge in [-0.1, -0.05) is 23.5 Å². The third kappa shape index (κ3) is 2.90. The van der Waals surface area contributed by atoms with Gasteiger partial charge in [0.2, 0.25) is 5.13 Å². The Labute approximate surface area is 99.1 Å². The van der Waals surface area contributed by atoms with Crippen LogP contribution in [-0.4, -0.2) is 15.3 Å². The second kappa shape index (κ2) is 4.59. The van der Waals surface area contributed by atoms with Crippen LogP contribution in [0.25, 0.3) is 0 Å². The molecule has 78 valence electrons. The van der Waals surface area contributed by atoms with Gasteiger partial charge in [0.1, 0.15) is 5.75 Å². The number of aromatic hydroxyl groups is 1. The first kappa shape index (κ1) is 10.4. The minimum Gasteiger partial charge on any atom is -0.508 e. The van der Waals surface area contributed by atoms with Crippen LogP contribution in [0.5, 0.6) is 5.75 Å². The van der Waals surface area contributed by atoms with Crippen LogP contribution in [0.3, 0.4) is 0 Å². The lowest BCUT2D eigenvalue weighted by Gasteiger charge is -2.02. The van der Waals surface area contributed by atoms with Gasteiger partial charge in [0, 0.05) is 6.54 Å². The summed E-state index contributed by atoms with van der Waals surface area (Å²) in [7, 11) is 0. The average molecular weight is 286 g/mol. The maximum Gasteiger partial charge on any atom is 0.206 e. The van der Waals surface area contributed by atoms with E-state index >= 15 is 0 Å². The quantitative estimate of drug-likeness (QED) is 0.910. The van der Waals surface area contributed by atoms with Gasteiger partial charge in [-0.3, -0.25) is 0 Å². The SMILES string of the molecule is Oc1cccc(CNc2nnc(Br)s2)c1. The third-order valence-corrected chi connectivity index (χ3v) is 3.07. The highest BCUT2D eigenvalue weighted by Gasteiger charge is 2.00. The Bertz CT molecular complexity index is 460. The minimum absolute atomic E-state index is 0.271. The Morgan fingerprint density at radius 3 is 2.93 bits per heavy atom. The number of phenolic OH excluding ortho intramolecular Hbond substituents is 1. The summed E-state index contributed by atoms with van der Waals surface area (Å²) < 4.78 is 0.751. The number of anilines is 1. The first-order chi connectivity index (χ1) is 7.24. The van der Waals surface area contributed by atoms with Crippen LogP contribution in [0.4, 0.5) is 5.13 Å². The molecule has 0 spiro atoms. The summed E-state index contributed by atoms with van der Waals surface area (Å²) in [4.78, 5) is 0. The molecular formula is C9H8BrN3OS. The predicted molar refractivity (Wildman–Crippen MR) is 63.0 cm³/mol. The van der Waals surface area contributed by atoms with Crippen molar-refractivity contribution < 1.29 is 5.11 Å². The van der Waals surface area contributed by atoms with Gasteiger partial charge in [0.25, 0.3) is 0 Å². The minimum atomic E-state index is 0.271. The van der Waals surface area contributed by atoms with Crippen molar-refractivity contribution in [2.45, 2.75) is 6.54 Å². The fourth-order valence-electron chi connectivity index (χ4n) is 1.12. The molecule has 0 aliphatic heterocycles. The molecule has 2 rings (SSSR count). The number of nitrogens with zero attached hydrogens (tertiary/aromatic N) is 2. The van der Waals surface area contributed by atoms with E-state index in [4.69, 9.17) is 0 Å². The van der Waals surface area contributed by atoms with E-state index in [0.717, 1.165) is 14.6 Å². The summed E-state index contributed by atoms with van der Waals surface area (Å²) in [6.45, 7) is 0.621. The van der Waals surface area contributed by atoms with Crippen LogP contribution in [-0.2, 0) is 6.54 Å². The molecule has 1 heterocycles. The Hall–Kier alpha value is -1.14. The van der Waals surface area contributed by atoms with Gasteiger partial charge >= 0.3 is 0 Å². The van der Waals surface area contributed by atoms with E-state index in [9.17, 15) is 5.11 Å². The summed E-state index contributed by atoms with van der Waals surface area (Å²) in [5.41, 5.74) is 1.00.